The van der Waals surface area contributed by atoms with Crippen LogP contribution in [-0.4, -0.2) is 26.4 Å². The summed E-state index contributed by atoms with van der Waals surface area (Å²) in [5.41, 5.74) is 4.00. The van der Waals surface area contributed by atoms with Gasteiger partial charge in [0.25, 0.3) is 0 Å². The highest BCUT2D eigenvalue weighted by Crippen LogP contribution is 2.25. The summed E-state index contributed by atoms with van der Waals surface area (Å²) in [4.78, 5) is 12.5. The zero-order valence-corrected chi connectivity index (χ0v) is 17.6. The monoisotopic (exact) mass is 418 g/mol. The van der Waals surface area contributed by atoms with Gasteiger partial charge in [-0.15, -0.1) is 10.2 Å². The highest BCUT2D eigenvalue weighted by atomic mass is 32.2. The summed E-state index contributed by atoms with van der Waals surface area (Å²) in [6, 6.07) is 19.6. The molecule has 0 atom stereocenters. The van der Waals surface area contributed by atoms with Crippen molar-refractivity contribution >= 4 is 23.4 Å². The minimum Gasteiger partial charge on any atom is -0.467 e. The second-order valence-electron chi connectivity index (χ2n) is 6.99. The van der Waals surface area contributed by atoms with Crippen LogP contribution in [-0.2, 0) is 11.3 Å². The molecule has 2 heterocycles. The Morgan fingerprint density at radius 2 is 1.90 bits per heavy atom. The Morgan fingerprint density at radius 3 is 2.63 bits per heavy atom. The van der Waals surface area contributed by atoms with Gasteiger partial charge in [0, 0.05) is 11.3 Å². The van der Waals surface area contributed by atoms with Crippen LogP contribution in [0.5, 0.6) is 0 Å². The van der Waals surface area contributed by atoms with E-state index in [1.165, 1.54) is 17.3 Å². The molecule has 0 aliphatic carbocycles. The van der Waals surface area contributed by atoms with Crippen LogP contribution in [0.4, 0.5) is 5.69 Å². The van der Waals surface area contributed by atoms with Crippen LogP contribution in [0.1, 0.15) is 16.9 Å². The number of carbonyl (C=O) groups is 1. The van der Waals surface area contributed by atoms with Crippen LogP contribution in [0.2, 0.25) is 0 Å². The van der Waals surface area contributed by atoms with E-state index in [4.69, 9.17) is 4.42 Å². The minimum atomic E-state index is -0.0826. The summed E-state index contributed by atoms with van der Waals surface area (Å²) < 4.78 is 7.49. The maximum atomic E-state index is 12.5. The molecule has 152 valence electrons. The number of nitrogens with zero attached hydrogens (tertiary/aromatic N) is 3. The number of rotatable bonds is 7. The summed E-state index contributed by atoms with van der Waals surface area (Å²) in [7, 11) is 0. The first-order valence-electron chi connectivity index (χ1n) is 9.61. The van der Waals surface area contributed by atoms with Crippen molar-refractivity contribution in [2.75, 3.05) is 11.1 Å². The third kappa shape index (κ3) is 4.63. The Balaban J connectivity index is 1.52. The number of carbonyl (C=O) groups excluding carboxylic acids is 1. The number of anilines is 1. The lowest BCUT2D eigenvalue weighted by molar-refractivity contribution is -0.113. The van der Waals surface area contributed by atoms with Crippen LogP contribution >= 0.6 is 11.8 Å². The second kappa shape index (κ2) is 9.00. The van der Waals surface area contributed by atoms with E-state index in [9.17, 15) is 4.79 Å². The van der Waals surface area contributed by atoms with E-state index in [1.807, 2.05) is 73.0 Å². The van der Waals surface area contributed by atoms with Crippen molar-refractivity contribution in [2.24, 2.45) is 0 Å². The molecule has 0 aliphatic heterocycles. The molecule has 1 amide bonds. The van der Waals surface area contributed by atoms with Crippen molar-refractivity contribution in [3.05, 3.63) is 83.8 Å². The summed E-state index contributed by atoms with van der Waals surface area (Å²) in [5.74, 6) is 1.69. The number of furan rings is 1. The lowest BCUT2D eigenvalue weighted by atomic mass is 10.1. The highest BCUT2D eigenvalue weighted by Gasteiger charge is 2.17. The van der Waals surface area contributed by atoms with E-state index < -0.39 is 0 Å². The summed E-state index contributed by atoms with van der Waals surface area (Å²) in [6.45, 7) is 4.51. The average Bonchev–Trinajstić information content (AvgIpc) is 3.40. The number of hydrogen-bond acceptors (Lipinski definition) is 5. The number of thioether (sulfide) groups is 1. The van der Waals surface area contributed by atoms with Crippen molar-refractivity contribution in [3.8, 4) is 11.4 Å². The predicted octanol–water partition coefficient (Wildman–Crippen LogP) is 4.93. The fourth-order valence-corrected chi connectivity index (χ4v) is 3.91. The van der Waals surface area contributed by atoms with Gasteiger partial charge < -0.3 is 9.73 Å². The van der Waals surface area contributed by atoms with Gasteiger partial charge in [-0.1, -0.05) is 59.8 Å². The third-order valence-electron chi connectivity index (χ3n) is 4.63. The minimum absolute atomic E-state index is 0.0826. The maximum Gasteiger partial charge on any atom is 0.234 e. The number of aryl methyl sites for hydroxylation is 2. The molecule has 0 fully saturated rings. The van der Waals surface area contributed by atoms with E-state index in [2.05, 4.69) is 21.6 Å². The first-order valence-corrected chi connectivity index (χ1v) is 10.6. The smallest absolute Gasteiger partial charge is 0.234 e. The first-order chi connectivity index (χ1) is 14.6. The summed E-state index contributed by atoms with van der Waals surface area (Å²) in [5, 5.41) is 12.3. The van der Waals surface area contributed by atoms with Gasteiger partial charge >= 0.3 is 0 Å². The number of benzene rings is 2. The van der Waals surface area contributed by atoms with Gasteiger partial charge in [0.2, 0.25) is 5.91 Å². The molecule has 7 heteroatoms. The molecule has 2 aromatic carbocycles. The van der Waals surface area contributed by atoms with Crippen molar-refractivity contribution < 1.29 is 9.21 Å². The van der Waals surface area contributed by atoms with Gasteiger partial charge in [-0.05, 0) is 37.6 Å². The van der Waals surface area contributed by atoms with Gasteiger partial charge in [0.15, 0.2) is 11.0 Å². The molecule has 0 radical (unpaired) electrons. The Hall–Kier alpha value is -3.32. The van der Waals surface area contributed by atoms with E-state index in [0.29, 0.717) is 11.7 Å². The molecular weight excluding hydrogens is 396 g/mol. The van der Waals surface area contributed by atoms with Gasteiger partial charge in [0.05, 0.1) is 18.6 Å². The van der Waals surface area contributed by atoms with Crippen LogP contribution < -0.4 is 5.32 Å². The third-order valence-corrected chi connectivity index (χ3v) is 5.60. The quantitative estimate of drug-likeness (QED) is 0.431. The molecule has 0 saturated heterocycles. The average molecular weight is 419 g/mol. The van der Waals surface area contributed by atoms with E-state index in [-0.39, 0.29) is 11.7 Å². The van der Waals surface area contributed by atoms with Crippen LogP contribution in [0.25, 0.3) is 11.4 Å². The summed E-state index contributed by atoms with van der Waals surface area (Å²) in [6.07, 6.45) is 1.64. The first kappa shape index (κ1) is 20.0. The Bertz CT molecular complexity index is 1140. The highest BCUT2D eigenvalue weighted by molar-refractivity contribution is 7.99. The number of nitrogens with one attached hydrogen (secondary N) is 1. The Kier molecular flexibility index (Phi) is 5.99. The SMILES string of the molecule is Cc1ccc(NC(=O)CSc2nnc(-c3ccccc3)n2Cc2ccco2)c(C)c1. The molecule has 0 aliphatic rings. The van der Waals surface area contributed by atoms with Crippen LogP contribution in [0.15, 0.2) is 76.5 Å². The fourth-order valence-electron chi connectivity index (χ4n) is 3.17. The molecule has 1 N–H and O–H groups in total. The summed E-state index contributed by atoms with van der Waals surface area (Å²) >= 11 is 1.36. The van der Waals surface area contributed by atoms with Gasteiger partial charge in [-0.2, -0.15) is 0 Å². The zero-order valence-electron chi connectivity index (χ0n) is 16.8. The van der Waals surface area contributed by atoms with Crippen molar-refractivity contribution in [2.45, 2.75) is 25.5 Å². The van der Waals surface area contributed by atoms with Gasteiger partial charge in [-0.3, -0.25) is 9.36 Å². The van der Waals surface area contributed by atoms with Crippen molar-refractivity contribution in [3.63, 3.8) is 0 Å². The number of amides is 1. The molecule has 0 bridgehead atoms. The van der Waals surface area contributed by atoms with Gasteiger partial charge in [-0.25, -0.2) is 0 Å². The molecule has 2 aromatic heterocycles. The zero-order chi connectivity index (χ0) is 20.9. The molecular formula is C23H22N4O2S. The molecule has 0 spiro atoms. The van der Waals surface area contributed by atoms with Crippen molar-refractivity contribution in [1.29, 1.82) is 0 Å². The molecule has 30 heavy (non-hydrogen) atoms. The molecule has 4 aromatic rings. The van der Waals surface area contributed by atoms with Crippen LogP contribution in [0, 0.1) is 13.8 Å². The van der Waals surface area contributed by atoms with E-state index >= 15 is 0 Å². The largest absolute Gasteiger partial charge is 0.467 e. The fraction of sp³-hybridized carbons (Fsp3) is 0.174. The van der Waals surface area contributed by atoms with E-state index in [0.717, 1.165) is 28.4 Å². The molecule has 4 rings (SSSR count). The number of hydrogen-bond donors (Lipinski definition) is 1. The molecule has 6 nitrogen and oxygen atoms in total. The number of aromatic nitrogens is 3. The lowest BCUT2D eigenvalue weighted by Crippen LogP contribution is -2.15. The van der Waals surface area contributed by atoms with Crippen LogP contribution in [0.3, 0.4) is 0 Å². The lowest BCUT2D eigenvalue weighted by Gasteiger charge is -2.10. The molecule has 0 unspecified atom stereocenters. The Labute approximate surface area is 179 Å². The predicted molar refractivity (Wildman–Crippen MR) is 119 cm³/mol. The Morgan fingerprint density at radius 1 is 1.07 bits per heavy atom. The maximum absolute atomic E-state index is 12.5. The topological polar surface area (TPSA) is 73.0 Å². The standard InChI is InChI=1S/C23H22N4O2S/c1-16-10-11-20(17(2)13-16)24-21(28)15-30-23-26-25-22(18-7-4-3-5-8-18)27(23)14-19-9-6-12-29-19/h3-13H,14-15H2,1-2H3,(H,24,28). The normalized spacial score (nSPS) is 10.9. The van der Waals surface area contributed by atoms with Crippen molar-refractivity contribution in [1.82, 2.24) is 14.8 Å². The second-order valence-corrected chi connectivity index (χ2v) is 7.94. The van der Waals surface area contributed by atoms with E-state index in [1.54, 1.807) is 6.26 Å². The van der Waals surface area contributed by atoms with Gasteiger partial charge in [0.1, 0.15) is 5.76 Å². The molecule has 0 saturated carbocycles.